The Bertz CT molecular complexity index is 1150. The monoisotopic (exact) mass is 404 g/mol. The molecule has 2 aromatic heterocycles. The maximum absolute atomic E-state index is 13.5. The van der Waals surface area contributed by atoms with Gasteiger partial charge >= 0.3 is 0 Å². The highest BCUT2D eigenvalue weighted by Crippen LogP contribution is 2.41. The summed E-state index contributed by atoms with van der Waals surface area (Å²) in [5.41, 5.74) is 1.83. The molecule has 1 N–H and O–H groups in total. The minimum absolute atomic E-state index is 0.0714. The summed E-state index contributed by atoms with van der Waals surface area (Å²) >= 11 is 0. The number of hydrogen-bond donors (Lipinski definition) is 1. The zero-order valence-electron chi connectivity index (χ0n) is 15.9. The minimum Gasteiger partial charge on any atom is -0.347 e. The molecule has 1 aliphatic rings. The van der Waals surface area contributed by atoms with Crippen LogP contribution in [0.1, 0.15) is 42.9 Å². The topological polar surface area (TPSA) is 90.0 Å². The van der Waals surface area contributed by atoms with E-state index < -0.39 is 15.8 Å². The van der Waals surface area contributed by atoms with Gasteiger partial charge in [0.2, 0.25) is 0 Å². The molecule has 1 saturated carbocycles. The summed E-state index contributed by atoms with van der Waals surface area (Å²) in [5, 5.41) is 4.02. The molecule has 0 bridgehead atoms. The molecule has 28 heavy (non-hydrogen) atoms. The number of hydrogen-bond acceptors (Lipinski definition) is 5. The van der Waals surface area contributed by atoms with E-state index in [-0.39, 0.29) is 22.4 Å². The van der Waals surface area contributed by atoms with Crippen LogP contribution in [-0.2, 0) is 16.6 Å². The van der Waals surface area contributed by atoms with Crippen LogP contribution in [-0.4, -0.2) is 23.1 Å². The van der Waals surface area contributed by atoms with Crippen molar-refractivity contribution in [3.05, 3.63) is 47.3 Å². The van der Waals surface area contributed by atoms with Gasteiger partial charge in [0.05, 0.1) is 11.3 Å². The van der Waals surface area contributed by atoms with Gasteiger partial charge in [0.25, 0.3) is 15.9 Å². The van der Waals surface area contributed by atoms with Gasteiger partial charge in [0.15, 0.2) is 5.82 Å². The summed E-state index contributed by atoms with van der Waals surface area (Å²) in [6, 6.07) is 5.33. The molecule has 1 aromatic carbocycles. The molecule has 1 fully saturated rings. The van der Waals surface area contributed by atoms with Crippen LogP contribution in [0.5, 0.6) is 0 Å². The van der Waals surface area contributed by atoms with E-state index in [0.29, 0.717) is 23.6 Å². The number of anilines is 1. The lowest BCUT2D eigenvalue weighted by atomic mass is 10.2. The fourth-order valence-electron chi connectivity index (χ4n) is 3.51. The second-order valence-corrected chi connectivity index (χ2v) is 8.59. The first-order chi connectivity index (χ1) is 13.3. The van der Waals surface area contributed by atoms with Crippen LogP contribution in [0.15, 0.2) is 33.7 Å². The van der Waals surface area contributed by atoms with E-state index in [4.69, 9.17) is 4.52 Å². The third kappa shape index (κ3) is 3.19. The highest BCUT2D eigenvalue weighted by molar-refractivity contribution is 7.93. The summed E-state index contributed by atoms with van der Waals surface area (Å²) in [7, 11) is -4.01. The number of sulfonamides is 1. The van der Waals surface area contributed by atoms with Gasteiger partial charge in [0, 0.05) is 23.9 Å². The fraction of sp³-hybridized carbons (Fsp3) is 0.368. The van der Waals surface area contributed by atoms with Crippen LogP contribution in [0.2, 0.25) is 0 Å². The summed E-state index contributed by atoms with van der Waals surface area (Å²) < 4.78 is 49.7. The van der Waals surface area contributed by atoms with E-state index in [1.54, 1.807) is 6.92 Å². The lowest BCUT2D eigenvalue weighted by Gasteiger charge is -2.10. The van der Waals surface area contributed by atoms with E-state index in [2.05, 4.69) is 14.9 Å². The zero-order valence-corrected chi connectivity index (χ0v) is 16.7. The Hall–Kier alpha value is -2.68. The van der Waals surface area contributed by atoms with E-state index >= 15 is 0 Å². The fourth-order valence-corrected chi connectivity index (χ4v) is 5.05. The number of aromatic nitrogens is 3. The molecule has 0 radical (unpaired) electrons. The molecule has 2 heterocycles. The minimum atomic E-state index is -4.01. The van der Waals surface area contributed by atoms with Crippen LogP contribution in [0.3, 0.4) is 0 Å². The predicted octanol–water partition coefficient (Wildman–Crippen LogP) is 3.99. The van der Waals surface area contributed by atoms with Crippen molar-refractivity contribution in [2.45, 2.75) is 51.0 Å². The zero-order chi connectivity index (χ0) is 20.1. The summed E-state index contributed by atoms with van der Waals surface area (Å²) in [5.74, 6) is 0.565. The highest BCUT2D eigenvalue weighted by atomic mass is 32.2. The Morgan fingerprint density at radius 2 is 2.04 bits per heavy atom. The maximum atomic E-state index is 13.5. The lowest BCUT2D eigenvalue weighted by molar-refractivity contribution is 0.421. The molecule has 0 amide bonds. The van der Waals surface area contributed by atoms with Gasteiger partial charge in [-0.15, -0.1) is 0 Å². The molecule has 0 saturated heterocycles. The first-order valence-electron chi connectivity index (χ1n) is 9.14. The third-order valence-electron chi connectivity index (χ3n) is 4.99. The average Bonchev–Trinajstić information content (AvgIpc) is 3.30. The molecule has 0 unspecified atom stereocenters. The first kappa shape index (κ1) is 18.7. The van der Waals surface area contributed by atoms with E-state index in [9.17, 15) is 12.8 Å². The Morgan fingerprint density at radius 1 is 1.29 bits per heavy atom. The molecule has 148 valence electrons. The normalized spacial score (nSPS) is 14.4. The highest BCUT2D eigenvalue weighted by Gasteiger charge is 2.34. The Labute approximate surface area is 162 Å². The molecule has 0 atom stereocenters. The Morgan fingerprint density at radius 3 is 2.68 bits per heavy atom. The maximum Gasteiger partial charge on any atom is 0.264 e. The van der Waals surface area contributed by atoms with Crippen LogP contribution in [0, 0.1) is 19.7 Å². The standard InChI is InChI=1S/C19H21FN4O3S/c1-4-24-11(2)16(19-21-18(22-27-19)13-8-9-13)17(12(24)3)28(25,26)23-15-7-5-6-14(20)10-15/h5-7,10,13,23H,4,8-9H2,1-3H3. The predicted molar refractivity (Wildman–Crippen MR) is 102 cm³/mol. The van der Waals surface area contributed by atoms with Gasteiger partial charge in [0.1, 0.15) is 10.7 Å². The number of halogens is 1. The quantitative estimate of drug-likeness (QED) is 0.671. The van der Waals surface area contributed by atoms with Crippen LogP contribution >= 0.6 is 0 Å². The molecule has 1 aliphatic carbocycles. The van der Waals surface area contributed by atoms with E-state index in [0.717, 1.165) is 24.6 Å². The van der Waals surface area contributed by atoms with Crippen LogP contribution in [0.4, 0.5) is 10.1 Å². The third-order valence-corrected chi connectivity index (χ3v) is 6.53. The molecule has 3 aromatic rings. The van der Waals surface area contributed by atoms with Gasteiger partial charge < -0.3 is 9.09 Å². The van der Waals surface area contributed by atoms with Crippen molar-refractivity contribution >= 4 is 15.7 Å². The number of nitrogens with one attached hydrogen (secondary N) is 1. The summed E-state index contributed by atoms with van der Waals surface area (Å²) in [4.78, 5) is 4.52. The second-order valence-electron chi connectivity index (χ2n) is 6.97. The van der Waals surface area contributed by atoms with Gasteiger partial charge in [-0.2, -0.15) is 4.98 Å². The second kappa shape index (κ2) is 6.73. The van der Waals surface area contributed by atoms with Gasteiger partial charge in [-0.05, 0) is 51.8 Å². The Kier molecular flexibility index (Phi) is 4.49. The van der Waals surface area contributed by atoms with Crippen LogP contribution < -0.4 is 4.72 Å². The van der Waals surface area contributed by atoms with Crippen molar-refractivity contribution in [2.24, 2.45) is 0 Å². The number of rotatable bonds is 6. The molecule has 0 spiro atoms. The lowest BCUT2D eigenvalue weighted by Crippen LogP contribution is -2.15. The SMILES string of the molecule is CCn1c(C)c(-c2nc(C3CC3)no2)c(S(=O)(=O)Nc2cccc(F)c2)c1C. The molecular formula is C19H21FN4O3S. The number of benzene rings is 1. The van der Waals surface area contributed by atoms with Gasteiger partial charge in [-0.1, -0.05) is 11.2 Å². The molecular weight excluding hydrogens is 383 g/mol. The van der Waals surface area contributed by atoms with Gasteiger partial charge in [-0.25, -0.2) is 12.8 Å². The van der Waals surface area contributed by atoms with Gasteiger partial charge in [-0.3, -0.25) is 4.72 Å². The van der Waals surface area contributed by atoms with Crippen molar-refractivity contribution in [3.63, 3.8) is 0 Å². The van der Waals surface area contributed by atoms with Crippen molar-refractivity contribution in [2.75, 3.05) is 4.72 Å². The molecule has 4 rings (SSSR count). The van der Waals surface area contributed by atoms with Crippen LogP contribution in [0.25, 0.3) is 11.5 Å². The average molecular weight is 404 g/mol. The molecule has 0 aliphatic heterocycles. The van der Waals surface area contributed by atoms with E-state index in [1.165, 1.54) is 18.2 Å². The summed E-state index contributed by atoms with van der Waals surface area (Å²) in [6.45, 7) is 6.08. The summed E-state index contributed by atoms with van der Waals surface area (Å²) in [6.07, 6.45) is 2.03. The van der Waals surface area contributed by atoms with Crippen molar-refractivity contribution in [1.82, 2.24) is 14.7 Å². The molecule has 9 heteroatoms. The van der Waals surface area contributed by atoms with Crippen molar-refractivity contribution < 1.29 is 17.3 Å². The smallest absolute Gasteiger partial charge is 0.264 e. The largest absolute Gasteiger partial charge is 0.347 e. The first-order valence-corrected chi connectivity index (χ1v) is 10.6. The number of nitrogens with zero attached hydrogens (tertiary/aromatic N) is 3. The molecule has 7 nitrogen and oxygen atoms in total. The van der Waals surface area contributed by atoms with Crippen molar-refractivity contribution in [1.29, 1.82) is 0 Å². The Balaban J connectivity index is 1.84. The van der Waals surface area contributed by atoms with E-state index in [1.807, 2.05) is 18.4 Å². The van der Waals surface area contributed by atoms with Crippen molar-refractivity contribution in [3.8, 4) is 11.5 Å².